The lowest BCUT2D eigenvalue weighted by Gasteiger charge is -2.19. The van der Waals surface area contributed by atoms with Crippen molar-refractivity contribution in [2.24, 2.45) is 0 Å². The van der Waals surface area contributed by atoms with Gasteiger partial charge in [-0.1, -0.05) is 39.0 Å². The van der Waals surface area contributed by atoms with Crippen molar-refractivity contribution >= 4 is 23.3 Å². The maximum Gasteiger partial charge on any atom is 0.350 e. The lowest BCUT2D eigenvalue weighted by molar-refractivity contribution is -0.135. The normalized spacial score (nSPS) is 11.3. The van der Waals surface area contributed by atoms with E-state index in [-0.39, 0.29) is 16.9 Å². The van der Waals surface area contributed by atoms with E-state index < -0.39 is 5.97 Å². The number of hydrogen-bond acceptors (Lipinski definition) is 5. The zero-order chi connectivity index (χ0) is 20.7. The second-order valence-corrected chi connectivity index (χ2v) is 7.17. The summed E-state index contributed by atoms with van der Waals surface area (Å²) in [5.41, 5.74) is 2.77. The fourth-order valence-electron chi connectivity index (χ4n) is 2.41. The molecule has 2 rings (SSSR count). The van der Waals surface area contributed by atoms with Gasteiger partial charge >= 0.3 is 5.97 Å². The Kier molecular flexibility index (Phi) is 6.56. The molecule has 0 heterocycles. The third kappa shape index (κ3) is 5.45. The number of nitrogens with one attached hydrogen (secondary N) is 2. The van der Waals surface area contributed by atoms with Crippen molar-refractivity contribution in [3.63, 3.8) is 0 Å². The fraction of sp³-hybridized carbons (Fsp3) is 0.227. The van der Waals surface area contributed by atoms with Gasteiger partial charge in [0.25, 0.3) is 5.91 Å². The average Bonchev–Trinajstić information content (AvgIpc) is 2.68. The first-order valence-corrected chi connectivity index (χ1v) is 8.71. The van der Waals surface area contributed by atoms with Crippen molar-refractivity contribution in [1.29, 1.82) is 5.26 Å². The second-order valence-electron chi connectivity index (χ2n) is 7.17. The Labute approximate surface area is 164 Å². The molecule has 0 fully saturated rings. The van der Waals surface area contributed by atoms with E-state index >= 15 is 0 Å². The molecule has 144 valence electrons. The number of anilines is 2. The summed E-state index contributed by atoms with van der Waals surface area (Å²) in [7, 11) is 1.21. The first-order chi connectivity index (χ1) is 13.2. The molecule has 0 aliphatic heterocycles. The summed E-state index contributed by atoms with van der Waals surface area (Å²) in [4.78, 5) is 23.9. The van der Waals surface area contributed by atoms with Gasteiger partial charge in [0.15, 0.2) is 5.57 Å². The number of carbonyl (C=O) groups is 2. The summed E-state index contributed by atoms with van der Waals surface area (Å²) in [5, 5.41) is 14.6. The van der Waals surface area contributed by atoms with Gasteiger partial charge in [-0.15, -0.1) is 0 Å². The zero-order valence-electron chi connectivity index (χ0n) is 16.4. The molecule has 0 aromatic heterocycles. The monoisotopic (exact) mass is 377 g/mol. The Bertz CT molecular complexity index is 933. The van der Waals surface area contributed by atoms with Crippen LogP contribution in [0.25, 0.3) is 0 Å². The molecule has 0 aliphatic carbocycles. The number of ether oxygens (including phenoxy) is 1. The Hall–Kier alpha value is -3.59. The summed E-state index contributed by atoms with van der Waals surface area (Å²) >= 11 is 0. The van der Waals surface area contributed by atoms with Gasteiger partial charge in [-0.05, 0) is 41.3 Å². The number of methoxy groups -OCH3 is 1. The van der Waals surface area contributed by atoms with Gasteiger partial charge in [0.05, 0.1) is 7.11 Å². The largest absolute Gasteiger partial charge is 0.465 e. The number of rotatable bonds is 5. The van der Waals surface area contributed by atoms with E-state index in [1.54, 1.807) is 42.5 Å². The molecule has 0 saturated heterocycles. The Morgan fingerprint density at radius 1 is 1.07 bits per heavy atom. The minimum atomic E-state index is -0.724. The molecule has 0 spiro atoms. The van der Waals surface area contributed by atoms with Crippen LogP contribution in [0.15, 0.2) is 60.3 Å². The van der Waals surface area contributed by atoms with Gasteiger partial charge in [-0.2, -0.15) is 5.26 Å². The molecule has 28 heavy (non-hydrogen) atoms. The number of benzene rings is 2. The van der Waals surface area contributed by atoms with Gasteiger partial charge in [-0.25, -0.2) is 4.79 Å². The highest BCUT2D eigenvalue weighted by Crippen LogP contribution is 2.23. The molecule has 2 aromatic rings. The lowest BCUT2D eigenvalue weighted by atomic mass is 9.87. The molecule has 0 saturated carbocycles. The molecular formula is C22H23N3O3. The molecule has 0 radical (unpaired) electrons. The van der Waals surface area contributed by atoms with E-state index in [0.29, 0.717) is 16.9 Å². The Morgan fingerprint density at radius 2 is 1.71 bits per heavy atom. The van der Waals surface area contributed by atoms with Crippen molar-refractivity contribution in [3.05, 3.63) is 71.4 Å². The van der Waals surface area contributed by atoms with Crippen LogP contribution >= 0.6 is 0 Å². The Morgan fingerprint density at radius 3 is 2.29 bits per heavy atom. The van der Waals surface area contributed by atoms with Crippen LogP contribution < -0.4 is 10.6 Å². The van der Waals surface area contributed by atoms with Crippen LogP contribution in [0.2, 0.25) is 0 Å². The molecule has 6 heteroatoms. The third-order valence-corrected chi connectivity index (χ3v) is 4.04. The summed E-state index contributed by atoms with van der Waals surface area (Å²) in [5.74, 6) is -0.946. The number of hydrogen-bond donors (Lipinski definition) is 2. The number of amides is 1. The van der Waals surface area contributed by atoms with Crippen molar-refractivity contribution in [3.8, 4) is 6.07 Å². The predicted octanol–water partition coefficient (Wildman–Crippen LogP) is 4.23. The van der Waals surface area contributed by atoms with Crippen LogP contribution in [0.4, 0.5) is 11.4 Å². The number of nitrogens with zero attached hydrogens (tertiary/aromatic N) is 1. The maximum atomic E-state index is 12.5. The number of carbonyl (C=O) groups excluding carboxylic acids is 2. The standard InChI is InChI=1S/C22H23N3O3/c1-22(2,3)17-10-8-15(9-11-17)20(26)25-19-7-5-6-18(12-19)24-14-16(13-23)21(27)28-4/h5-12,14,24H,1-4H3,(H,25,26)/b16-14+. The minimum Gasteiger partial charge on any atom is -0.465 e. The van der Waals surface area contributed by atoms with E-state index in [1.165, 1.54) is 13.3 Å². The molecule has 0 bridgehead atoms. The van der Waals surface area contributed by atoms with Gasteiger partial charge < -0.3 is 15.4 Å². The molecule has 0 atom stereocenters. The summed E-state index contributed by atoms with van der Waals surface area (Å²) in [6.45, 7) is 6.35. The van der Waals surface area contributed by atoms with Crippen LogP contribution in [-0.2, 0) is 14.9 Å². The van der Waals surface area contributed by atoms with Gasteiger partial charge in [0.1, 0.15) is 6.07 Å². The van der Waals surface area contributed by atoms with E-state index in [2.05, 4.69) is 36.1 Å². The highest BCUT2D eigenvalue weighted by Gasteiger charge is 2.14. The number of esters is 1. The molecule has 1 amide bonds. The minimum absolute atomic E-state index is 0.0228. The van der Waals surface area contributed by atoms with Gasteiger partial charge in [0, 0.05) is 23.1 Å². The maximum absolute atomic E-state index is 12.5. The van der Waals surface area contributed by atoms with Crippen LogP contribution in [-0.4, -0.2) is 19.0 Å². The predicted molar refractivity (Wildman–Crippen MR) is 109 cm³/mol. The smallest absolute Gasteiger partial charge is 0.350 e. The van der Waals surface area contributed by atoms with E-state index in [9.17, 15) is 9.59 Å². The first kappa shape index (κ1) is 20.7. The van der Waals surface area contributed by atoms with Gasteiger partial charge in [-0.3, -0.25) is 4.79 Å². The summed E-state index contributed by atoms with van der Waals surface area (Å²) in [6.07, 6.45) is 1.26. The molecule has 6 nitrogen and oxygen atoms in total. The topological polar surface area (TPSA) is 91.2 Å². The van der Waals surface area contributed by atoms with Gasteiger partial charge in [0.2, 0.25) is 0 Å². The van der Waals surface area contributed by atoms with Crippen molar-refractivity contribution in [2.75, 3.05) is 17.7 Å². The quantitative estimate of drug-likeness (QED) is 0.462. The molecule has 2 aromatic carbocycles. The van der Waals surface area contributed by atoms with E-state index in [1.807, 2.05) is 12.1 Å². The highest BCUT2D eigenvalue weighted by atomic mass is 16.5. The molecular weight excluding hydrogens is 354 g/mol. The summed E-state index contributed by atoms with van der Waals surface area (Å²) < 4.78 is 4.52. The SMILES string of the molecule is COC(=O)/C(C#N)=C/Nc1cccc(NC(=O)c2ccc(C(C)(C)C)cc2)c1. The van der Waals surface area contributed by atoms with Crippen molar-refractivity contribution < 1.29 is 14.3 Å². The highest BCUT2D eigenvalue weighted by molar-refractivity contribution is 6.04. The van der Waals surface area contributed by atoms with Crippen LogP contribution in [0.1, 0.15) is 36.7 Å². The first-order valence-electron chi connectivity index (χ1n) is 8.71. The van der Waals surface area contributed by atoms with Crippen molar-refractivity contribution in [2.45, 2.75) is 26.2 Å². The molecule has 2 N–H and O–H groups in total. The third-order valence-electron chi connectivity index (χ3n) is 4.04. The lowest BCUT2D eigenvalue weighted by Crippen LogP contribution is -2.14. The fourth-order valence-corrected chi connectivity index (χ4v) is 2.41. The average molecular weight is 377 g/mol. The number of nitriles is 1. The molecule has 0 unspecified atom stereocenters. The van der Waals surface area contributed by atoms with Crippen LogP contribution in [0, 0.1) is 11.3 Å². The van der Waals surface area contributed by atoms with E-state index in [4.69, 9.17) is 5.26 Å². The van der Waals surface area contributed by atoms with Crippen LogP contribution in [0.5, 0.6) is 0 Å². The summed E-state index contributed by atoms with van der Waals surface area (Å²) in [6, 6.07) is 16.2. The second kappa shape index (κ2) is 8.87. The molecule has 0 aliphatic rings. The zero-order valence-corrected chi connectivity index (χ0v) is 16.4. The van der Waals surface area contributed by atoms with Crippen LogP contribution in [0.3, 0.4) is 0 Å². The van der Waals surface area contributed by atoms with E-state index in [0.717, 1.165) is 5.56 Å². The Balaban J connectivity index is 2.10. The van der Waals surface area contributed by atoms with Crippen molar-refractivity contribution in [1.82, 2.24) is 0 Å².